The van der Waals surface area contributed by atoms with Gasteiger partial charge in [0.25, 0.3) is 0 Å². The van der Waals surface area contributed by atoms with Gasteiger partial charge in [0.1, 0.15) is 23.3 Å². The molecule has 0 bridgehead atoms. The van der Waals surface area contributed by atoms with E-state index in [1.54, 1.807) is 19.9 Å². The molecule has 0 aliphatic carbocycles. The molecule has 13 heteroatoms. The van der Waals surface area contributed by atoms with Crippen LogP contribution in [0.2, 0.25) is 0 Å². The first kappa shape index (κ1) is 22.2. The molecule has 3 heterocycles. The van der Waals surface area contributed by atoms with Crippen molar-refractivity contribution < 1.29 is 26.0 Å². The molecular weight excluding hydrogens is 428 g/mol. The second-order valence-corrected chi connectivity index (χ2v) is 9.53. The van der Waals surface area contributed by atoms with Crippen LogP contribution in [0, 0.1) is 11.3 Å². The minimum atomic E-state index is -4.92. The summed E-state index contributed by atoms with van der Waals surface area (Å²) in [5.74, 6) is -2.03. The Labute approximate surface area is 170 Å². The monoisotopic (exact) mass is 448 g/mol. The number of rotatable bonds is 3. The smallest absolute Gasteiger partial charge is 0.367 e. The number of anilines is 1. The number of nitrogens with two attached hydrogens (primary N) is 1. The van der Waals surface area contributed by atoms with Crippen LogP contribution in [0.1, 0.15) is 54.6 Å². The number of hydrogen-bond donors (Lipinski definition) is 1. The van der Waals surface area contributed by atoms with Crippen molar-refractivity contribution in [2.24, 2.45) is 0 Å². The Morgan fingerprint density at radius 3 is 2.43 bits per heavy atom. The Hall–Kier alpha value is -2.46. The molecule has 1 fully saturated rings. The lowest BCUT2D eigenvalue weighted by Gasteiger charge is -2.33. The molecule has 2 unspecified atom stereocenters. The van der Waals surface area contributed by atoms with Crippen molar-refractivity contribution in [2.45, 2.75) is 44.5 Å². The van der Waals surface area contributed by atoms with Crippen LogP contribution >= 0.6 is 0 Å². The molecule has 164 valence electrons. The molecule has 2 atom stereocenters. The van der Waals surface area contributed by atoms with E-state index in [1.807, 2.05) is 0 Å². The van der Waals surface area contributed by atoms with Gasteiger partial charge in [-0.2, -0.15) is 22.7 Å². The first-order valence-electron chi connectivity index (χ1n) is 9.05. The van der Waals surface area contributed by atoms with E-state index < -0.39 is 57.4 Å². The molecule has 2 aromatic heterocycles. The number of aromatic nitrogens is 3. The number of sulfonamides is 1. The van der Waals surface area contributed by atoms with E-state index in [-0.39, 0.29) is 30.3 Å². The minimum absolute atomic E-state index is 0.000782. The Balaban J connectivity index is 2.30. The van der Waals surface area contributed by atoms with Gasteiger partial charge >= 0.3 is 6.18 Å². The van der Waals surface area contributed by atoms with Crippen molar-refractivity contribution >= 4 is 21.5 Å². The minimum Gasteiger partial charge on any atom is -0.367 e. The molecule has 30 heavy (non-hydrogen) atoms. The maximum Gasteiger partial charge on any atom is 0.419 e. The molecule has 1 aliphatic rings. The van der Waals surface area contributed by atoms with Crippen LogP contribution in [-0.4, -0.2) is 52.8 Å². The highest BCUT2D eigenvalue weighted by atomic mass is 32.2. The van der Waals surface area contributed by atoms with Crippen molar-refractivity contribution in [3.63, 3.8) is 0 Å². The van der Waals surface area contributed by atoms with Gasteiger partial charge in [0.15, 0.2) is 0 Å². The summed E-state index contributed by atoms with van der Waals surface area (Å²) < 4.78 is 82.2. The number of nitrogens with zero attached hydrogens (tertiary/aromatic N) is 5. The summed E-state index contributed by atoms with van der Waals surface area (Å²) >= 11 is 0. The Bertz CT molecular complexity index is 1140. The van der Waals surface area contributed by atoms with Crippen molar-refractivity contribution in [3.05, 3.63) is 22.5 Å². The topological polar surface area (TPSA) is 117 Å². The average Bonchev–Trinajstić information content (AvgIpc) is 2.94. The van der Waals surface area contributed by atoms with E-state index in [0.29, 0.717) is 0 Å². The van der Waals surface area contributed by atoms with Crippen LogP contribution in [0.15, 0.2) is 0 Å². The molecule has 1 aliphatic heterocycles. The molecule has 0 amide bonds. The Morgan fingerprint density at radius 2 is 1.97 bits per heavy atom. The SMILES string of the molecule is CC(C)c1c(C#N)c(C(F)(F)F)c2c(C3CCN(S(C)(=O)=O)CC3F)nc(N)nn12. The van der Waals surface area contributed by atoms with Crippen molar-refractivity contribution in [1.82, 2.24) is 18.9 Å². The standard InChI is InChI=1S/C17H20F4N6O2S/c1-8(2)14-10(6-22)12(17(19,20)21)15-13(24-16(23)25-27(14)15)9-4-5-26(7-11(9)18)30(3,28)29/h8-9,11H,4-5,7H2,1-3H3,(H2,23,25). The van der Waals surface area contributed by atoms with E-state index in [9.17, 15) is 31.2 Å². The fourth-order valence-corrected chi connectivity index (χ4v) is 4.74. The van der Waals surface area contributed by atoms with Gasteiger partial charge in [-0.1, -0.05) is 13.8 Å². The number of hydrogen-bond acceptors (Lipinski definition) is 6. The fourth-order valence-electron chi connectivity index (χ4n) is 3.89. The zero-order chi connectivity index (χ0) is 22.6. The molecule has 3 rings (SSSR count). The van der Waals surface area contributed by atoms with Gasteiger partial charge in [-0.3, -0.25) is 0 Å². The third-order valence-electron chi connectivity index (χ3n) is 5.13. The molecule has 0 saturated carbocycles. The quantitative estimate of drug-likeness (QED) is 0.721. The number of alkyl halides is 4. The summed E-state index contributed by atoms with van der Waals surface area (Å²) in [7, 11) is -3.66. The van der Waals surface area contributed by atoms with Gasteiger partial charge in [-0.15, -0.1) is 5.10 Å². The van der Waals surface area contributed by atoms with E-state index in [0.717, 1.165) is 15.1 Å². The molecular formula is C17H20F4N6O2S. The highest BCUT2D eigenvalue weighted by Gasteiger charge is 2.44. The fraction of sp³-hybridized carbons (Fsp3) is 0.588. The number of piperidine rings is 1. The average molecular weight is 448 g/mol. The first-order chi connectivity index (χ1) is 13.8. The lowest BCUT2D eigenvalue weighted by molar-refractivity contribution is -0.136. The molecule has 2 aromatic rings. The molecule has 0 radical (unpaired) electrons. The maximum absolute atomic E-state index is 15.0. The van der Waals surface area contributed by atoms with Crippen LogP contribution in [-0.2, 0) is 16.2 Å². The maximum atomic E-state index is 15.0. The predicted molar refractivity (Wildman–Crippen MR) is 99.9 cm³/mol. The van der Waals surface area contributed by atoms with Gasteiger partial charge in [0.05, 0.1) is 23.2 Å². The van der Waals surface area contributed by atoms with Crippen LogP contribution < -0.4 is 5.73 Å². The summed E-state index contributed by atoms with van der Waals surface area (Å²) in [5.41, 5.74) is 3.08. The van der Waals surface area contributed by atoms with E-state index in [4.69, 9.17) is 5.73 Å². The summed E-state index contributed by atoms with van der Waals surface area (Å²) in [6, 6.07) is 1.60. The highest BCUT2D eigenvalue weighted by Crippen LogP contribution is 2.43. The normalized spacial score (nSPS) is 21.3. The molecule has 2 N–H and O–H groups in total. The molecule has 0 spiro atoms. The van der Waals surface area contributed by atoms with Gasteiger partial charge in [-0.05, 0) is 12.3 Å². The zero-order valence-corrected chi connectivity index (χ0v) is 17.2. The van der Waals surface area contributed by atoms with Gasteiger partial charge in [0.2, 0.25) is 16.0 Å². The number of nitrogen functional groups attached to an aromatic ring is 1. The van der Waals surface area contributed by atoms with E-state index in [2.05, 4.69) is 10.1 Å². The van der Waals surface area contributed by atoms with Crippen molar-refractivity contribution in [3.8, 4) is 6.07 Å². The lowest BCUT2D eigenvalue weighted by atomic mass is 9.91. The van der Waals surface area contributed by atoms with E-state index in [1.165, 1.54) is 0 Å². The number of nitriles is 1. The van der Waals surface area contributed by atoms with Crippen molar-refractivity contribution in [1.29, 1.82) is 5.26 Å². The van der Waals surface area contributed by atoms with E-state index >= 15 is 0 Å². The lowest BCUT2D eigenvalue weighted by Crippen LogP contribution is -2.44. The number of halogens is 4. The van der Waals surface area contributed by atoms with Crippen LogP contribution in [0.4, 0.5) is 23.5 Å². The largest absolute Gasteiger partial charge is 0.419 e. The summed E-state index contributed by atoms with van der Waals surface area (Å²) in [6.45, 7) is 2.61. The van der Waals surface area contributed by atoms with Gasteiger partial charge in [-0.25, -0.2) is 22.3 Å². The van der Waals surface area contributed by atoms with Crippen molar-refractivity contribution in [2.75, 3.05) is 25.1 Å². The third-order valence-corrected chi connectivity index (χ3v) is 6.40. The second kappa shape index (κ2) is 7.35. The third kappa shape index (κ3) is 3.69. The van der Waals surface area contributed by atoms with Crippen LogP contribution in [0.5, 0.6) is 0 Å². The Kier molecular flexibility index (Phi) is 5.44. The predicted octanol–water partition coefficient (Wildman–Crippen LogP) is 2.41. The summed E-state index contributed by atoms with van der Waals surface area (Å²) in [5, 5.41) is 13.3. The first-order valence-corrected chi connectivity index (χ1v) is 10.9. The highest BCUT2D eigenvalue weighted by molar-refractivity contribution is 7.88. The summed E-state index contributed by atoms with van der Waals surface area (Å²) in [4.78, 5) is 3.91. The van der Waals surface area contributed by atoms with Crippen LogP contribution in [0.3, 0.4) is 0 Å². The van der Waals surface area contributed by atoms with Gasteiger partial charge in [0, 0.05) is 19.0 Å². The zero-order valence-electron chi connectivity index (χ0n) is 16.4. The molecule has 0 aromatic carbocycles. The van der Waals surface area contributed by atoms with Crippen LogP contribution in [0.25, 0.3) is 5.52 Å². The number of fused-ring (bicyclic) bond motifs is 1. The molecule has 8 nitrogen and oxygen atoms in total. The molecule has 1 saturated heterocycles. The van der Waals surface area contributed by atoms with Gasteiger partial charge < -0.3 is 5.73 Å². The second-order valence-electron chi connectivity index (χ2n) is 7.55. The Morgan fingerprint density at radius 1 is 1.33 bits per heavy atom. The summed E-state index contributed by atoms with van der Waals surface area (Å²) in [6.07, 6.45) is -5.89.